The molecule has 0 saturated carbocycles. The van der Waals surface area contributed by atoms with E-state index >= 15 is 0 Å². The number of nitrogens with one attached hydrogen (secondary N) is 1. The van der Waals surface area contributed by atoms with E-state index in [1.54, 1.807) is 18.7 Å². The van der Waals surface area contributed by atoms with Crippen LogP contribution in [-0.4, -0.2) is 24.1 Å². The first-order valence-electron chi connectivity index (χ1n) is 6.47. The van der Waals surface area contributed by atoms with Crippen molar-refractivity contribution in [2.24, 2.45) is 0 Å². The van der Waals surface area contributed by atoms with Gasteiger partial charge in [0.2, 0.25) is 0 Å². The van der Waals surface area contributed by atoms with Gasteiger partial charge in [-0.25, -0.2) is 4.79 Å². The van der Waals surface area contributed by atoms with Crippen LogP contribution in [-0.2, 0) is 14.3 Å². The van der Waals surface area contributed by atoms with Crippen LogP contribution < -0.4 is 5.32 Å². The van der Waals surface area contributed by atoms with Crippen LogP contribution in [0.5, 0.6) is 0 Å². The van der Waals surface area contributed by atoms with Crippen molar-refractivity contribution in [2.45, 2.75) is 19.2 Å². The first-order chi connectivity index (χ1) is 9.63. The van der Waals surface area contributed by atoms with E-state index in [0.717, 1.165) is 5.56 Å². The molecule has 106 valence electrons. The number of ketones is 1. The normalized spacial score (nSPS) is 18.4. The third-order valence-electron chi connectivity index (χ3n) is 2.98. The molecule has 20 heavy (non-hydrogen) atoms. The molecule has 1 aliphatic heterocycles. The SMILES string of the molecule is CCOC(=O)C1=C(C(C)=O)CSC(c2ccccc2)N1. The number of benzene rings is 1. The molecule has 1 atom stereocenters. The molecule has 4 nitrogen and oxygen atoms in total. The second-order valence-corrected chi connectivity index (χ2v) is 5.47. The molecule has 1 unspecified atom stereocenters. The van der Waals surface area contributed by atoms with Crippen molar-refractivity contribution >= 4 is 23.5 Å². The third-order valence-corrected chi connectivity index (χ3v) is 4.16. The number of carbonyl (C=O) groups is 2. The van der Waals surface area contributed by atoms with Gasteiger partial charge in [0.25, 0.3) is 0 Å². The maximum absolute atomic E-state index is 12.0. The molecule has 1 aliphatic rings. The monoisotopic (exact) mass is 291 g/mol. The number of esters is 1. The molecule has 0 aromatic heterocycles. The van der Waals surface area contributed by atoms with E-state index in [0.29, 0.717) is 23.6 Å². The fraction of sp³-hybridized carbons (Fsp3) is 0.333. The third kappa shape index (κ3) is 3.22. The summed E-state index contributed by atoms with van der Waals surface area (Å²) in [6, 6.07) is 9.83. The lowest BCUT2D eigenvalue weighted by molar-refractivity contribution is -0.139. The van der Waals surface area contributed by atoms with Crippen LogP contribution in [0, 0.1) is 0 Å². The fourth-order valence-electron chi connectivity index (χ4n) is 1.97. The van der Waals surface area contributed by atoms with Gasteiger partial charge < -0.3 is 10.1 Å². The molecule has 5 heteroatoms. The zero-order valence-electron chi connectivity index (χ0n) is 11.5. The molecule has 1 aromatic rings. The molecule has 0 bridgehead atoms. The Bertz CT molecular complexity index is 539. The summed E-state index contributed by atoms with van der Waals surface area (Å²) in [5.41, 5.74) is 1.87. The Morgan fingerprint density at radius 3 is 2.65 bits per heavy atom. The van der Waals surface area contributed by atoms with Gasteiger partial charge in [-0.2, -0.15) is 0 Å². The minimum atomic E-state index is -0.459. The van der Waals surface area contributed by atoms with Crippen molar-refractivity contribution in [1.82, 2.24) is 5.32 Å². The highest BCUT2D eigenvalue weighted by atomic mass is 32.2. The summed E-state index contributed by atoms with van der Waals surface area (Å²) in [6.07, 6.45) is 0. The van der Waals surface area contributed by atoms with Gasteiger partial charge >= 0.3 is 5.97 Å². The van der Waals surface area contributed by atoms with Crippen LogP contribution in [0.15, 0.2) is 41.6 Å². The van der Waals surface area contributed by atoms with Gasteiger partial charge in [-0.05, 0) is 19.4 Å². The van der Waals surface area contributed by atoms with E-state index in [2.05, 4.69) is 5.32 Å². The number of rotatable bonds is 4. The first kappa shape index (κ1) is 14.7. The van der Waals surface area contributed by atoms with Crippen molar-refractivity contribution in [3.8, 4) is 0 Å². The largest absolute Gasteiger partial charge is 0.461 e. The predicted octanol–water partition coefficient (Wildman–Crippen LogP) is 2.43. The van der Waals surface area contributed by atoms with Gasteiger partial charge in [-0.1, -0.05) is 30.3 Å². The Kier molecular flexibility index (Phi) is 4.84. The average molecular weight is 291 g/mol. The fourth-order valence-corrected chi connectivity index (χ4v) is 3.20. The smallest absolute Gasteiger partial charge is 0.354 e. The van der Waals surface area contributed by atoms with E-state index in [9.17, 15) is 9.59 Å². The van der Waals surface area contributed by atoms with Gasteiger partial charge in [-0.15, -0.1) is 11.8 Å². The van der Waals surface area contributed by atoms with E-state index in [1.165, 1.54) is 6.92 Å². The number of Topliss-reactive ketones (excluding diaryl/α,β-unsaturated/α-hetero) is 1. The lowest BCUT2D eigenvalue weighted by atomic mass is 10.1. The highest BCUT2D eigenvalue weighted by molar-refractivity contribution is 7.99. The molecule has 0 fully saturated rings. The molecule has 1 aromatic carbocycles. The molecule has 0 aliphatic carbocycles. The highest BCUT2D eigenvalue weighted by Crippen LogP contribution is 2.34. The van der Waals surface area contributed by atoms with E-state index in [4.69, 9.17) is 4.74 Å². The number of thioether (sulfide) groups is 1. The zero-order valence-corrected chi connectivity index (χ0v) is 12.3. The molecular weight excluding hydrogens is 274 g/mol. The van der Waals surface area contributed by atoms with Crippen LogP contribution in [0.4, 0.5) is 0 Å². The van der Waals surface area contributed by atoms with Crippen molar-refractivity contribution in [3.63, 3.8) is 0 Å². The molecule has 0 spiro atoms. The Hall–Kier alpha value is -1.75. The van der Waals surface area contributed by atoms with E-state index < -0.39 is 5.97 Å². The quantitative estimate of drug-likeness (QED) is 0.863. The van der Waals surface area contributed by atoms with Crippen LogP contribution in [0.3, 0.4) is 0 Å². The summed E-state index contributed by atoms with van der Waals surface area (Å²) in [5, 5.41) is 3.09. The molecular formula is C15H17NO3S. The first-order valence-corrected chi connectivity index (χ1v) is 7.52. The summed E-state index contributed by atoms with van der Waals surface area (Å²) in [6.45, 7) is 3.51. The van der Waals surface area contributed by atoms with Gasteiger partial charge in [0.1, 0.15) is 5.70 Å². The second kappa shape index (κ2) is 6.61. The van der Waals surface area contributed by atoms with Gasteiger partial charge in [0.15, 0.2) is 5.78 Å². The van der Waals surface area contributed by atoms with Crippen molar-refractivity contribution in [1.29, 1.82) is 0 Å². The number of hydrogen-bond donors (Lipinski definition) is 1. The van der Waals surface area contributed by atoms with E-state index in [1.807, 2.05) is 30.3 Å². The minimum Gasteiger partial charge on any atom is -0.461 e. The molecule has 1 heterocycles. The Morgan fingerprint density at radius 1 is 1.35 bits per heavy atom. The number of ether oxygens (including phenoxy) is 1. The van der Waals surface area contributed by atoms with Crippen LogP contribution in [0.1, 0.15) is 24.8 Å². The molecule has 0 saturated heterocycles. The molecule has 0 radical (unpaired) electrons. The van der Waals surface area contributed by atoms with Crippen molar-refractivity contribution in [3.05, 3.63) is 47.2 Å². The summed E-state index contributed by atoms with van der Waals surface area (Å²) in [4.78, 5) is 23.6. The Morgan fingerprint density at radius 2 is 2.05 bits per heavy atom. The Labute approximate surface area is 122 Å². The topological polar surface area (TPSA) is 55.4 Å². The predicted molar refractivity (Wildman–Crippen MR) is 79.1 cm³/mol. The summed E-state index contributed by atoms with van der Waals surface area (Å²) in [5.74, 6) is -0.0470. The molecule has 0 amide bonds. The zero-order chi connectivity index (χ0) is 14.5. The highest BCUT2D eigenvalue weighted by Gasteiger charge is 2.28. The summed E-state index contributed by atoms with van der Waals surface area (Å²) in [7, 11) is 0. The number of carbonyl (C=O) groups excluding carboxylic acids is 2. The minimum absolute atomic E-state index is 0.0429. The Balaban J connectivity index is 2.27. The molecule has 1 N–H and O–H groups in total. The maximum atomic E-state index is 12.0. The van der Waals surface area contributed by atoms with Gasteiger partial charge in [0.05, 0.1) is 12.0 Å². The van der Waals surface area contributed by atoms with Crippen LogP contribution in [0.25, 0.3) is 0 Å². The standard InChI is InChI=1S/C15H17NO3S/c1-3-19-15(18)13-12(10(2)17)9-20-14(16-13)11-7-5-4-6-8-11/h4-8,14,16H,3,9H2,1-2H3. The second-order valence-electron chi connectivity index (χ2n) is 4.38. The van der Waals surface area contributed by atoms with Crippen molar-refractivity contribution < 1.29 is 14.3 Å². The van der Waals surface area contributed by atoms with Crippen LogP contribution in [0.2, 0.25) is 0 Å². The van der Waals surface area contributed by atoms with Crippen molar-refractivity contribution in [2.75, 3.05) is 12.4 Å². The summed E-state index contributed by atoms with van der Waals surface area (Å²) < 4.78 is 5.03. The lowest BCUT2D eigenvalue weighted by Crippen LogP contribution is -2.32. The van der Waals surface area contributed by atoms with Gasteiger partial charge in [0, 0.05) is 11.3 Å². The van der Waals surface area contributed by atoms with Gasteiger partial charge in [-0.3, -0.25) is 4.79 Å². The summed E-state index contributed by atoms with van der Waals surface area (Å²) >= 11 is 1.59. The molecule has 2 rings (SSSR count). The number of hydrogen-bond acceptors (Lipinski definition) is 5. The maximum Gasteiger partial charge on any atom is 0.354 e. The average Bonchev–Trinajstić information content (AvgIpc) is 2.47. The lowest BCUT2D eigenvalue weighted by Gasteiger charge is -2.27. The van der Waals surface area contributed by atoms with E-state index in [-0.39, 0.29) is 11.2 Å². The van der Waals surface area contributed by atoms with Crippen LogP contribution >= 0.6 is 11.8 Å².